The summed E-state index contributed by atoms with van der Waals surface area (Å²) >= 11 is 1.51. The average Bonchev–Trinajstić information content (AvgIpc) is 2.79. The number of primary amides is 1. The maximum absolute atomic E-state index is 11.1. The number of carbonyl (C=O) groups excluding carboxylic acids is 1. The van der Waals surface area contributed by atoms with E-state index in [1.807, 2.05) is 18.2 Å². The lowest BCUT2D eigenvalue weighted by molar-refractivity contribution is -0.122. The maximum atomic E-state index is 11.1. The van der Waals surface area contributed by atoms with Crippen LogP contribution >= 0.6 is 11.8 Å². The summed E-state index contributed by atoms with van der Waals surface area (Å²) in [6.07, 6.45) is 0.493. The molecule has 6 nitrogen and oxygen atoms in total. The van der Waals surface area contributed by atoms with Gasteiger partial charge in [0.25, 0.3) is 0 Å². The highest BCUT2D eigenvalue weighted by Crippen LogP contribution is 2.24. The first-order valence-corrected chi connectivity index (χ1v) is 7.16. The number of hydrogen-bond acceptors (Lipinski definition) is 5. The number of nitrogens with one attached hydrogen (secondary N) is 1. The number of ether oxygens (including phenoxy) is 1. The zero-order valence-electron chi connectivity index (χ0n) is 11.5. The fourth-order valence-electron chi connectivity index (χ4n) is 1.64. The number of imidazole rings is 1. The minimum atomic E-state index is -0.984. The summed E-state index contributed by atoms with van der Waals surface area (Å²) in [4.78, 5) is 18.8. The van der Waals surface area contributed by atoms with Crippen LogP contribution in [0.2, 0.25) is 0 Å². The van der Waals surface area contributed by atoms with Crippen LogP contribution in [0.25, 0.3) is 11.0 Å². The molecule has 5 N–H and O–H groups in total. The van der Waals surface area contributed by atoms with Crippen molar-refractivity contribution in [3.8, 4) is 5.75 Å². The highest BCUT2D eigenvalue weighted by atomic mass is 32.2. The van der Waals surface area contributed by atoms with E-state index >= 15 is 0 Å². The van der Waals surface area contributed by atoms with Crippen molar-refractivity contribution in [2.24, 2.45) is 11.5 Å². The first kappa shape index (κ1) is 14.7. The molecule has 2 aromatic rings. The zero-order valence-corrected chi connectivity index (χ0v) is 12.3. The van der Waals surface area contributed by atoms with Crippen LogP contribution in [0.15, 0.2) is 23.4 Å². The molecule has 0 aliphatic heterocycles. The normalized spacial score (nSPS) is 14.2. The fourth-order valence-corrected chi connectivity index (χ4v) is 2.71. The molecule has 7 heteroatoms. The van der Waals surface area contributed by atoms with Gasteiger partial charge in [-0.3, -0.25) is 4.79 Å². The Morgan fingerprint density at radius 1 is 1.55 bits per heavy atom. The highest BCUT2D eigenvalue weighted by Gasteiger charge is 2.25. The third kappa shape index (κ3) is 3.23. The van der Waals surface area contributed by atoms with Crippen LogP contribution in [0.3, 0.4) is 0 Å². The SMILES string of the molecule is COc1ccc2nc(SCCC(C)(N)C(N)=O)[nH]c2c1. The predicted molar refractivity (Wildman–Crippen MR) is 79.8 cm³/mol. The molecule has 0 saturated carbocycles. The summed E-state index contributed by atoms with van der Waals surface area (Å²) in [5.41, 5.74) is 11.8. The lowest BCUT2D eigenvalue weighted by atomic mass is 10.0. The molecule has 108 valence electrons. The van der Waals surface area contributed by atoms with Crippen molar-refractivity contribution in [3.63, 3.8) is 0 Å². The minimum Gasteiger partial charge on any atom is -0.497 e. The van der Waals surface area contributed by atoms with Gasteiger partial charge in [-0.25, -0.2) is 4.98 Å². The number of hydrogen-bond donors (Lipinski definition) is 3. The lowest BCUT2D eigenvalue weighted by Gasteiger charge is -2.19. The molecule has 20 heavy (non-hydrogen) atoms. The Kier molecular flexibility index (Phi) is 4.20. The van der Waals surface area contributed by atoms with Gasteiger partial charge in [-0.05, 0) is 25.5 Å². The minimum absolute atomic E-state index is 0.493. The van der Waals surface area contributed by atoms with Crippen LogP contribution in [0, 0.1) is 0 Å². The summed E-state index contributed by atoms with van der Waals surface area (Å²) in [5.74, 6) is 0.945. The molecular weight excluding hydrogens is 276 g/mol. The van der Waals surface area contributed by atoms with E-state index in [4.69, 9.17) is 16.2 Å². The van der Waals surface area contributed by atoms with Crippen LogP contribution in [0.4, 0.5) is 0 Å². The van der Waals surface area contributed by atoms with Crippen LogP contribution in [0.1, 0.15) is 13.3 Å². The number of rotatable bonds is 6. The van der Waals surface area contributed by atoms with E-state index in [0.717, 1.165) is 21.9 Å². The quantitative estimate of drug-likeness (QED) is 0.695. The third-order valence-corrected chi connectivity index (χ3v) is 3.97. The average molecular weight is 294 g/mol. The number of aromatic amines is 1. The summed E-state index contributed by atoms with van der Waals surface area (Å²) in [7, 11) is 1.62. The Hall–Kier alpha value is -1.73. The first-order chi connectivity index (χ1) is 9.42. The van der Waals surface area contributed by atoms with Gasteiger partial charge in [-0.1, -0.05) is 11.8 Å². The molecule has 0 spiro atoms. The Bertz CT molecular complexity index is 624. The molecule has 0 aliphatic carbocycles. The van der Waals surface area contributed by atoms with E-state index in [1.54, 1.807) is 14.0 Å². The van der Waals surface area contributed by atoms with Gasteiger partial charge in [0.2, 0.25) is 5.91 Å². The van der Waals surface area contributed by atoms with Gasteiger partial charge in [0.05, 0.1) is 23.7 Å². The molecule has 1 atom stereocenters. The summed E-state index contributed by atoms with van der Waals surface area (Å²) in [6, 6.07) is 5.65. The van der Waals surface area contributed by atoms with Crippen molar-refractivity contribution in [1.29, 1.82) is 0 Å². The number of nitrogens with two attached hydrogens (primary N) is 2. The van der Waals surface area contributed by atoms with Gasteiger partial charge in [0.15, 0.2) is 5.16 Å². The monoisotopic (exact) mass is 294 g/mol. The van der Waals surface area contributed by atoms with Crippen LogP contribution in [-0.4, -0.2) is 34.3 Å². The number of benzene rings is 1. The molecule has 1 heterocycles. The molecule has 0 saturated heterocycles. The Labute approximate surface area is 121 Å². The summed E-state index contributed by atoms with van der Waals surface area (Å²) in [6.45, 7) is 1.64. The van der Waals surface area contributed by atoms with Crippen molar-refractivity contribution >= 4 is 28.7 Å². The predicted octanol–water partition coefficient (Wildman–Crippen LogP) is 1.26. The second-order valence-electron chi connectivity index (χ2n) is 4.81. The van der Waals surface area contributed by atoms with E-state index in [2.05, 4.69) is 9.97 Å². The van der Waals surface area contributed by atoms with Crippen molar-refractivity contribution in [2.75, 3.05) is 12.9 Å². The number of fused-ring (bicyclic) bond motifs is 1. The lowest BCUT2D eigenvalue weighted by Crippen LogP contribution is -2.49. The molecule has 0 bridgehead atoms. The number of H-pyrrole nitrogens is 1. The molecule has 1 aromatic heterocycles. The highest BCUT2D eigenvalue weighted by molar-refractivity contribution is 7.99. The molecular formula is C13H18N4O2S. The number of carbonyl (C=O) groups is 1. The van der Waals surface area contributed by atoms with Crippen LogP contribution < -0.4 is 16.2 Å². The fraction of sp³-hybridized carbons (Fsp3) is 0.385. The van der Waals surface area contributed by atoms with Crippen molar-refractivity contribution < 1.29 is 9.53 Å². The van der Waals surface area contributed by atoms with Crippen molar-refractivity contribution in [3.05, 3.63) is 18.2 Å². The molecule has 1 unspecified atom stereocenters. The molecule has 1 amide bonds. The van der Waals surface area contributed by atoms with Gasteiger partial charge in [-0.2, -0.15) is 0 Å². The third-order valence-electron chi connectivity index (χ3n) is 3.09. The Balaban J connectivity index is 2.02. The number of amides is 1. The van der Waals surface area contributed by atoms with Gasteiger partial charge in [0.1, 0.15) is 5.75 Å². The number of thioether (sulfide) groups is 1. The van der Waals surface area contributed by atoms with Gasteiger partial charge >= 0.3 is 0 Å². The topological polar surface area (TPSA) is 107 Å². The largest absolute Gasteiger partial charge is 0.497 e. The molecule has 2 rings (SSSR count). The van der Waals surface area contributed by atoms with Gasteiger partial charge in [-0.15, -0.1) is 0 Å². The molecule has 0 fully saturated rings. The van der Waals surface area contributed by atoms with Gasteiger partial charge in [0, 0.05) is 11.8 Å². The summed E-state index contributed by atoms with van der Waals surface area (Å²) < 4.78 is 5.16. The molecule has 0 aliphatic rings. The molecule has 0 radical (unpaired) electrons. The Morgan fingerprint density at radius 2 is 2.30 bits per heavy atom. The van der Waals surface area contributed by atoms with Crippen LogP contribution in [0.5, 0.6) is 5.75 Å². The second-order valence-corrected chi connectivity index (χ2v) is 5.89. The van der Waals surface area contributed by atoms with E-state index in [-0.39, 0.29) is 0 Å². The Morgan fingerprint density at radius 3 is 2.95 bits per heavy atom. The number of aromatic nitrogens is 2. The second kappa shape index (κ2) is 5.72. The zero-order chi connectivity index (χ0) is 14.8. The number of methoxy groups -OCH3 is 1. The van der Waals surface area contributed by atoms with Crippen molar-refractivity contribution in [1.82, 2.24) is 9.97 Å². The number of nitrogens with zero attached hydrogens (tertiary/aromatic N) is 1. The smallest absolute Gasteiger partial charge is 0.237 e. The van der Waals surface area contributed by atoms with E-state index in [9.17, 15) is 4.79 Å². The first-order valence-electron chi connectivity index (χ1n) is 6.18. The van der Waals surface area contributed by atoms with Crippen molar-refractivity contribution in [2.45, 2.75) is 24.0 Å². The standard InChI is InChI=1S/C13H18N4O2S/c1-13(15,11(14)18)5-6-20-12-16-9-4-3-8(19-2)7-10(9)17-12/h3-4,7H,5-6,15H2,1-2H3,(H2,14,18)(H,16,17). The maximum Gasteiger partial charge on any atom is 0.237 e. The van der Waals surface area contributed by atoms with Crippen LogP contribution in [-0.2, 0) is 4.79 Å². The summed E-state index contributed by atoms with van der Waals surface area (Å²) in [5, 5.41) is 0.786. The van der Waals surface area contributed by atoms with E-state index < -0.39 is 11.4 Å². The molecule has 1 aromatic carbocycles. The van der Waals surface area contributed by atoms with E-state index in [0.29, 0.717) is 12.2 Å². The van der Waals surface area contributed by atoms with E-state index in [1.165, 1.54) is 11.8 Å². The van der Waals surface area contributed by atoms with Gasteiger partial charge < -0.3 is 21.2 Å².